The minimum atomic E-state index is -4.68. The molecule has 1 N–H and O–H groups in total. The lowest BCUT2D eigenvalue weighted by atomic mass is 10.0. The monoisotopic (exact) mass is 454 g/mol. The number of carbonyl (C=O) groups is 2. The molecule has 32 heavy (non-hydrogen) atoms. The molecule has 1 aliphatic heterocycles. The van der Waals surface area contributed by atoms with Gasteiger partial charge in [-0.2, -0.15) is 13.2 Å². The standard InChI is InChI=1S/C22H25F3N2O5/c1-3-7-15-17(9-8-14-16(22(23,24)25)12-18(28)32-19(14)15)31-11-6-4-5-10-27-20(29)13(2)26-21(27)30/h8-9,12-13H,3-7,10-11H2,1-2H3,(H,26,30). The van der Waals surface area contributed by atoms with Gasteiger partial charge in [0, 0.05) is 23.6 Å². The van der Waals surface area contributed by atoms with Gasteiger partial charge in [-0.05, 0) is 44.7 Å². The molecule has 2 aromatic rings. The molecule has 1 unspecified atom stereocenters. The summed E-state index contributed by atoms with van der Waals surface area (Å²) in [5, 5.41) is 2.38. The largest absolute Gasteiger partial charge is 0.493 e. The van der Waals surface area contributed by atoms with Crippen molar-refractivity contribution in [1.82, 2.24) is 10.2 Å². The number of halogens is 3. The van der Waals surface area contributed by atoms with E-state index in [1.165, 1.54) is 17.0 Å². The van der Waals surface area contributed by atoms with E-state index in [9.17, 15) is 27.6 Å². The van der Waals surface area contributed by atoms with E-state index < -0.39 is 23.4 Å². The predicted octanol–water partition coefficient (Wildman–Crippen LogP) is 4.25. The van der Waals surface area contributed by atoms with Crippen molar-refractivity contribution in [3.63, 3.8) is 0 Å². The summed E-state index contributed by atoms with van der Waals surface area (Å²) in [6.07, 6.45) is -1.74. The second-order valence-corrected chi connectivity index (χ2v) is 7.72. The molecule has 174 valence electrons. The molecule has 1 aliphatic rings. The van der Waals surface area contributed by atoms with Crippen LogP contribution >= 0.6 is 0 Å². The van der Waals surface area contributed by atoms with Crippen LogP contribution in [-0.4, -0.2) is 36.0 Å². The van der Waals surface area contributed by atoms with E-state index in [0.29, 0.717) is 62.6 Å². The number of nitrogens with one attached hydrogen (secondary N) is 1. The quantitative estimate of drug-likeness (QED) is 0.348. The Morgan fingerprint density at radius 3 is 2.53 bits per heavy atom. The second-order valence-electron chi connectivity index (χ2n) is 7.72. The van der Waals surface area contributed by atoms with Crippen molar-refractivity contribution in [2.24, 2.45) is 0 Å². The van der Waals surface area contributed by atoms with Crippen LogP contribution in [0.5, 0.6) is 5.75 Å². The lowest BCUT2D eigenvalue weighted by Gasteiger charge is -2.16. The smallest absolute Gasteiger partial charge is 0.417 e. The molecular weight excluding hydrogens is 429 g/mol. The number of unbranched alkanes of at least 4 members (excludes halogenated alkanes) is 2. The van der Waals surface area contributed by atoms with Crippen LogP contribution in [0, 0.1) is 0 Å². The molecule has 0 bridgehead atoms. The van der Waals surface area contributed by atoms with E-state index in [1.807, 2.05) is 6.92 Å². The summed E-state index contributed by atoms with van der Waals surface area (Å²) in [6.45, 7) is 4.11. The normalized spacial score (nSPS) is 16.7. The molecular formula is C22H25F3N2O5. The fourth-order valence-electron chi connectivity index (χ4n) is 3.72. The number of imide groups is 1. The number of urea groups is 1. The van der Waals surface area contributed by atoms with Gasteiger partial charge < -0.3 is 14.5 Å². The number of nitrogens with zero attached hydrogens (tertiary/aromatic N) is 1. The van der Waals surface area contributed by atoms with Gasteiger partial charge in [-0.25, -0.2) is 9.59 Å². The molecule has 1 saturated heterocycles. The van der Waals surface area contributed by atoms with Crippen LogP contribution in [0.1, 0.15) is 50.7 Å². The Bertz CT molecular complexity index is 1060. The van der Waals surface area contributed by atoms with Crippen molar-refractivity contribution in [1.29, 1.82) is 0 Å². The summed E-state index contributed by atoms with van der Waals surface area (Å²) in [4.78, 5) is 36.5. The summed E-state index contributed by atoms with van der Waals surface area (Å²) in [5.74, 6) is 0.135. The third kappa shape index (κ3) is 5.05. The molecule has 1 aromatic heterocycles. The average molecular weight is 454 g/mol. The highest BCUT2D eigenvalue weighted by Crippen LogP contribution is 2.37. The van der Waals surface area contributed by atoms with Crippen molar-refractivity contribution in [3.8, 4) is 5.75 Å². The third-order valence-corrected chi connectivity index (χ3v) is 5.28. The summed E-state index contributed by atoms with van der Waals surface area (Å²) in [6, 6.07) is 2.29. The zero-order valence-corrected chi connectivity index (χ0v) is 17.9. The topological polar surface area (TPSA) is 88.9 Å². The Kier molecular flexibility index (Phi) is 7.10. The number of hydrogen-bond donors (Lipinski definition) is 1. The Morgan fingerprint density at radius 1 is 1.16 bits per heavy atom. The van der Waals surface area contributed by atoms with Gasteiger partial charge in [0.15, 0.2) is 0 Å². The summed E-state index contributed by atoms with van der Waals surface area (Å²) >= 11 is 0. The maximum Gasteiger partial charge on any atom is 0.417 e. The zero-order chi connectivity index (χ0) is 23.5. The van der Waals surface area contributed by atoms with E-state index in [1.54, 1.807) is 6.92 Å². The first-order chi connectivity index (χ1) is 15.1. The molecule has 3 rings (SSSR count). The highest BCUT2D eigenvalue weighted by Gasteiger charge is 2.35. The van der Waals surface area contributed by atoms with E-state index in [2.05, 4.69) is 5.32 Å². The highest BCUT2D eigenvalue weighted by atomic mass is 19.4. The van der Waals surface area contributed by atoms with E-state index in [-0.39, 0.29) is 22.9 Å². The van der Waals surface area contributed by atoms with Crippen LogP contribution < -0.4 is 15.7 Å². The van der Waals surface area contributed by atoms with Gasteiger partial charge in [0.1, 0.15) is 17.4 Å². The lowest BCUT2D eigenvalue weighted by molar-refractivity contribution is -0.136. The lowest BCUT2D eigenvalue weighted by Crippen LogP contribution is -2.32. The van der Waals surface area contributed by atoms with Crippen molar-refractivity contribution in [2.45, 2.75) is 58.2 Å². The van der Waals surface area contributed by atoms with Crippen LogP contribution in [0.4, 0.5) is 18.0 Å². The van der Waals surface area contributed by atoms with Crippen LogP contribution in [0.3, 0.4) is 0 Å². The molecule has 0 saturated carbocycles. The molecule has 0 aliphatic carbocycles. The third-order valence-electron chi connectivity index (χ3n) is 5.28. The van der Waals surface area contributed by atoms with Crippen LogP contribution in [0.2, 0.25) is 0 Å². The van der Waals surface area contributed by atoms with Gasteiger partial charge in [-0.3, -0.25) is 9.69 Å². The molecule has 10 heteroatoms. The van der Waals surface area contributed by atoms with Crippen molar-refractivity contribution in [3.05, 3.63) is 39.7 Å². The van der Waals surface area contributed by atoms with E-state index >= 15 is 0 Å². The maximum atomic E-state index is 13.4. The van der Waals surface area contributed by atoms with Gasteiger partial charge >= 0.3 is 17.8 Å². The number of hydrogen-bond acceptors (Lipinski definition) is 5. The van der Waals surface area contributed by atoms with Crippen molar-refractivity contribution in [2.75, 3.05) is 13.2 Å². The number of amides is 3. The van der Waals surface area contributed by atoms with Crippen LogP contribution in [0.25, 0.3) is 11.0 Å². The molecule has 1 fully saturated rings. The van der Waals surface area contributed by atoms with Gasteiger partial charge in [-0.1, -0.05) is 13.3 Å². The van der Waals surface area contributed by atoms with Gasteiger partial charge in [0.2, 0.25) is 0 Å². The summed E-state index contributed by atoms with van der Waals surface area (Å²) in [7, 11) is 0. The molecule has 0 spiro atoms. The Morgan fingerprint density at radius 2 is 1.91 bits per heavy atom. The number of alkyl halides is 3. The number of ether oxygens (including phenoxy) is 1. The Hall–Kier alpha value is -3.04. The molecule has 2 heterocycles. The summed E-state index contributed by atoms with van der Waals surface area (Å²) < 4.78 is 51.0. The maximum absolute atomic E-state index is 13.4. The molecule has 1 atom stereocenters. The van der Waals surface area contributed by atoms with Gasteiger partial charge in [-0.15, -0.1) is 0 Å². The fraction of sp³-hybridized carbons (Fsp3) is 0.500. The minimum Gasteiger partial charge on any atom is -0.493 e. The zero-order valence-electron chi connectivity index (χ0n) is 17.9. The van der Waals surface area contributed by atoms with Gasteiger partial charge in [0.25, 0.3) is 5.91 Å². The first-order valence-corrected chi connectivity index (χ1v) is 10.5. The fourth-order valence-corrected chi connectivity index (χ4v) is 3.72. The number of fused-ring (bicyclic) bond motifs is 1. The number of aryl methyl sites for hydroxylation is 1. The Balaban J connectivity index is 1.66. The molecule has 0 radical (unpaired) electrons. The first-order valence-electron chi connectivity index (χ1n) is 10.5. The SMILES string of the molecule is CCCc1c(OCCCCCN2C(=O)NC(C)C2=O)ccc2c(C(F)(F)F)cc(=O)oc12. The van der Waals surface area contributed by atoms with E-state index in [0.717, 1.165) is 0 Å². The van der Waals surface area contributed by atoms with Crippen LogP contribution in [0.15, 0.2) is 27.4 Å². The molecule has 3 amide bonds. The van der Waals surface area contributed by atoms with Crippen molar-refractivity contribution >= 4 is 22.9 Å². The van der Waals surface area contributed by atoms with Gasteiger partial charge in [0.05, 0.1) is 12.2 Å². The summed E-state index contributed by atoms with van der Waals surface area (Å²) in [5.41, 5.74) is -1.75. The van der Waals surface area contributed by atoms with E-state index in [4.69, 9.17) is 9.15 Å². The Labute approximate surface area is 182 Å². The van der Waals surface area contributed by atoms with Crippen LogP contribution in [-0.2, 0) is 17.4 Å². The highest BCUT2D eigenvalue weighted by molar-refractivity contribution is 6.03. The number of carbonyl (C=O) groups excluding carboxylic acids is 2. The molecule has 7 nitrogen and oxygen atoms in total. The minimum absolute atomic E-state index is 0.100. The van der Waals surface area contributed by atoms with Crippen molar-refractivity contribution < 1.29 is 31.9 Å². The molecule has 1 aromatic carbocycles. The predicted molar refractivity (Wildman–Crippen MR) is 111 cm³/mol. The second kappa shape index (κ2) is 9.62. The first kappa shape index (κ1) is 23.6. The number of benzene rings is 1. The average Bonchev–Trinajstić information content (AvgIpc) is 2.96. The number of rotatable bonds is 9.